The Morgan fingerprint density at radius 3 is 2.75 bits per heavy atom. The van der Waals surface area contributed by atoms with Gasteiger partial charge >= 0.3 is 6.18 Å². The van der Waals surface area contributed by atoms with Crippen molar-refractivity contribution in [3.63, 3.8) is 0 Å². The van der Waals surface area contributed by atoms with Crippen molar-refractivity contribution in [2.45, 2.75) is 23.9 Å². The molecule has 0 saturated carbocycles. The minimum absolute atomic E-state index is 0.0491. The van der Waals surface area contributed by atoms with Crippen LogP contribution in [0.4, 0.5) is 13.2 Å². The van der Waals surface area contributed by atoms with Gasteiger partial charge in [0.05, 0.1) is 6.20 Å². The Morgan fingerprint density at radius 2 is 2.17 bits per heavy atom. The molecule has 1 fully saturated rings. The molecule has 10 heteroatoms. The van der Waals surface area contributed by atoms with E-state index in [0.29, 0.717) is 13.1 Å². The first-order valence-corrected chi connectivity index (χ1v) is 8.97. The van der Waals surface area contributed by atoms with E-state index in [2.05, 4.69) is 15.0 Å². The Bertz CT molecular complexity index is 633. The predicted molar refractivity (Wildman–Crippen MR) is 81.2 cm³/mol. The molecular formula is C14H20F3N3O3S. The third kappa shape index (κ3) is 5.05. The first-order valence-electron chi connectivity index (χ1n) is 7.53. The smallest absolute Gasteiger partial charge is 0.422 e. The standard InChI is InChI=1S/C14H20F3N3O3S/c1-18-7-11-3-2-6-20(9-11)24(21,22)12-4-5-13(19-8-12)23-10-14(15,16)17/h4-5,8,11,18H,2-3,6-7,9-10H2,1H3. The number of hydrogen-bond donors (Lipinski definition) is 1. The highest BCUT2D eigenvalue weighted by Gasteiger charge is 2.31. The number of nitrogens with one attached hydrogen (secondary N) is 1. The zero-order valence-corrected chi connectivity index (χ0v) is 14.0. The predicted octanol–water partition coefficient (Wildman–Crippen LogP) is 1.64. The molecule has 1 N–H and O–H groups in total. The van der Waals surface area contributed by atoms with E-state index in [-0.39, 0.29) is 16.7 Å². The molecule has 0 amide bonds. The number of ether oxygens (including phenoxy) is 1. The van der Waals surface area contributed by atoms with Crippen LogP contribution in [0.5, 0.6) is 5.88 Å². The Kier molecular flexibility index (Phi) is 6.05. The van der Waals surface area contributed by atoms with Gasteiger partial charge in [0.15, 0.2) is 6.61 Å². The van der Waals surface area contributed by atoms with Gasteiger partial charge in [-0.2, -0.15) is 17.5 Å². The van der Waals surface area contributed by atoms with Gasteiger partial charge < -0.3 is 10.1 Å². The van der Waals surface area contributed by atoms with Gasteiger partial charge in [0.2, 0.25) is 15.9 Å². The largest absolute Gasteiger partial charge is 0.468 e. The van der Waals surface area contributed by atoms with Crippen LogP contribution in [-0.2, 0) is 10.0 Å². The van der Waals surface area contributed by atoms with Gasteiger partial charge in [-0.1, -0.05) is 0 Å². The molecule has 1 atom stereocenters. The second-order valence-corrected chi connectivity index (χ2v) is 7.60. The van der Waals surface area contributed by atoms with Crippen LogP contribution >= 0.6 is 0 Å². The summed E-state index contributed by atoms with van der Waals surface area (Å²) in [5, 5.41) is 3.04. The minimum atomic E-state index is -4.47. The molecule has 0 aliphatic carbocycles. The first kappa shape index (κ1) is 18.9. The number of alkyl halides is 3. The molecule has 0 radical (unpaired) electrons. The number of hydrogen-bond acceptors (Lipinski definition) is 5. The molecule has 2 heterocycles. The molecular weight excluding hydrogens is 347 g/mol. The average Bonchev–Trinajstić information content (AvgIpc) is 2.53. The summed E-state index contributed by atoms with van der Waals surface area (Å²) in [6.45, 7) is 0.1000. The molecule has 24 heavy (non-hydrogen) atoms. The molecule has 1 aromatic rings. The number of nitrogens with zero attached hydrogens (tertiary/aromatic N) is 2. The van der Waals surface area contributed by atoms with Gasteiger partial charge in [0, 0.05) is 19.2 Å². The van der Waals surface area contributed by atoms with Crippen LogP contribution in [-0.4, -0.2) is 57.2 Å². The molecule has 0 aromatic carbocycles. The summed E-state index contributed by atoms with van der Waals surface area (Å²) in [7, 11) is -1.89. The maximum atomic E-state index is 12.6. The van der Waals surface area contributed by atoms with Crippen molar-refractivity contribution in [1.29, 1.82) is 0 Å². The summed E-state index contributed by atoms with van der Waals surface area (Å²) in [5.74, 6) is -0.0288. The summed E-state index contributed by atoms with van der Waals surface area (Å²) in [4.78, 5) is 3.61. The zero-order chi connectivity index (χ0) is 17.8. The van der Waals surface area contributed by atoms with Crippen molar-refractivity contribution in [3.05, 3.63) is 18.3 Å². The van der Waals surface area contributed by atoms with Crippen LogP contribution in [0.25, 0.3) is 0 Å². The Balaban J connectivity index is 2.06. The molecule has 1 aliphatic heterocycles. The normalized spacial score (nSPS) is 20.1. The van der Waals surface area contributed by atoms with Crippen LogP contribution in [0.1, 0.15) is 12.8 Å². The monoisotopic (exact) mass is 367 g/mol. The molecule has 1 unspecified atom stereocenters. The lowest BCUT2D eigenvalue weighted by Crippen LogP contribution is -2.42. The maximum absolute atomic E-state index is 12.6. The second-order valence-electron chi connectivity index (χ2n) is 5.66. The van der Waals surface area contributed by atoms with E-state index in [9.17, 15) is 21.6 Å². The molecule has 136 valence electrons. The molecule has 2 rings (SSSR count). The maximum Gasteiger partial charge on any atom is 0.422 e. The lowest BCUT2D eigenvalue weighted by atomic mass is 10.00. The number of rotatable bonds is 6. The number of piperidine rings is 1. The zero-order valence-electron chi connectivity index (χ0n) is 13.2. The average molecular weight is 367 g/mol. The summed E-state index contributed by atoms with van der Waals surface area (Å²) in [5.41, 5.74) is 0. The summed E-state index contributed by atoms with van der Waals surface area (Å²) in [6.07, 6.45) is -1.72. The fraction of sp³-hybridized carbons (Fsp3) is 0.643. The molecule has 1 aliphatic rings. The number of halogens is 3. The van der Waals surface area contributed by atoms with E-state index >= 15 is 0 Å². The summed E-state index contributed by atoms with van der Waals surface area (Å²) in [6, 6.07) is 2.35. The minimum Gasteiger partial charge on any atom is -0.468 e. The van der Waals surface area contributed by atoms with E-state index in [1.165, 1.54) is 10.4 Å². The van der Waals surface area contributed by atoms with Crippen LogP contribution < -0.4 is 10.1 Å². The number of aromatic nitrogens is 1. The van der Waals surface area contributed by atoms with Crippen LogP contribution in [0, 0.1) is 5.92 Å². The molecule has 1 saturated heterocycles. The SMILES string of the molecule is CNCC1CCCN(S(=O)(=O)c2ccc(OCC(F)(F)F)nc2)C1. The Hall–Kier alpha value is -1.39. The Labute approximate surface area is 139 Å². The van der Waals surface area contributed by atoms with E-state index in [1.54, 1.807) is 0 Å². The third-order valence-corrected chi connectivity index (χ3v) is 5.55. The quantitative estimate of drug-likeness (QED) is 0.828. The van der Waals surface area contributed by atoms with Crippen molar-refractivity contribution in [2.75, 3.05) is 33.3 Å². The highest BCUT2D eigenvalue weighted by Crippen LogP contribution is 2.24. The van der Waals surface area contributed by atoms with Gasteiger partial charge in [-0.15, -0.1) is 0 Å². The van der Waals surface area contributed by atoms with E-state index in [1.807, 2.05) is 7.05 Å². The highest BCUT2D eigenvalue weighted by molar-refractivity contribution is 7.89. The van der Waals surface area contributed by atoms with E-state index < -0.39 is 22.8 Å². The van der Waals surface area contributed by atoms with Crippen LogP contribution in [0.15, 0.2) is 23.2 Å². The second kappa shape index (κ2) is 7.66. The Morgan fingerprint density at radius 1 is 1.42 bits per heavy atom. The van der Waals surface area contributed by atoms with Crippen molar-refractivity contribution in [2.24, 2.45) is 5.92 Å². The lowest BCUT2D eigenvalue weighted by Gasteiger charge is -2.31. The van der Waals surface area contributed by atoms with Crippen molar-refractivity contribution < 1.29 is 26.3 Å². The van der Waals surface area contributed by atoms with Crippen molar-refractivity contribution in [1.82, 2.24) is 14.6 Å². The number of sulfonamides is 1. The first-order chi connectivity index (χ1) is 11.2. The van der Waals surface area contributed by atoms with Gasteiger partial charge in [-0.25, -0.2) is 13.4 Å². The van der Waals surface area contributed by atoms with Crippen molar-refractivity contribution >= 4 is 10.0 Å². The van der Waals surface area contributed by atoms with Gasteiger partial charge in [0.25, 0.3) is 0 Å². The fourth-order valence-electron chi connectivity index (χ4n) is 2.61. The van der Waals surface area contributed by atoms with Gasteiger partial charge in [-0.05, 0) is 38.4 Å². The molecule has 1 aromatic heterocycles. The number of pyridine rings is 1. The summed E-state index contributed by atoms with van der Waals surface area (Å²) >= 11 is 0. The third-order valence-electron chi connectivity index (χ3n) is 3.71. The summed E-state index contributed by atoms with van der Waals surface area (Å²) < 4.78 is 67.4. The van der Waals surface area contributed by atoms with E-state index in [0.717, 1.165) is 31.6 Å². The highest BCUT2D eigenvalue weighted by atomic mass is 32.2. The van der Waals surface area contributed by atoms with Crippen LogP contribution in [0.3, 0.4) is 0 Å². The topological polar surface area (TPSA) is 71.5 Å². The van der Waals surface area contributed by atoms with Crippen LogP contribution in [0.2, 0.25) is 0 Å². The van der Waals surface area contributed by atoms with Crippen molar-refractivity contribution in [3.8, 4) is 5.88 Å². The molecule has 0 spiro atoms. The molecule has 6 nitrogen and oxygen atoms in total. The van der Waals surface area contributed by atoms with Gasteiger partial charge in [0.1, 0.15) is 4.90 Å². The van der Waals surface area contributed by atoms with Gasteiger partial charge in [-0.3, -0.25) is 0 Å². The fourth-order valence-corrected chi connectivity index (χ4v) is 4.11. The lowest BCUT2D eigenvalue weighted by molar-refractivity contribution is -0.154. The molecule has 0 bridgehead atoms. The van der Waals surface area contributed by atoms with E-state index in [4.69, 9.17) is 0 Å².